The molecular weight excluding hydrogens is 310 g/mol. The number of aromatic carboxylic acids is 1. The van der Waals surface area contributed by atoms with Gasteiger partial charge < -0.3 is 10.4 Å². The molecule has 0 fully saturated rings. The molecule has 0 aliphatic heterocycles. The first kappa shape index (κ1) is 15.6. The van der Waals surface area contributed by atoms with E-state index in [4.69, 9.17) is 0 Å². The van der Waals surface area contributed by atoms with Gasteiger partial charge in [0.05, 0.1) is 11.3 Å². The van der Waals surface area contributed by atoms with Gasteiger partial charge in [-0.25, -0.2) is 4.79 Å². The Hall–Kier alpha value is -1.80. The van der Waals surface area contributed by atoms with Crippen molar-refractivity contribution >= 4 is 39.7 Å². The highest BCUT2D eigenvalue weighted by Gasteiger charge is 2.20. The third kappa shape index (κ3) is 3.45. The first-order valence-electron chi connectivity index (χ1n) is 6.55. The molecule has 0 aliphatic rings. The second-order valence-corrected chi connectivity index (χ2v) is 6.26. The van der Waals surface area contributed by atoms with Gasteiger partial charge in [-0.2, -0.15) is 0 Å². The van der Waals surface area contributed by atoms with Crippen LogP contribution in [0.5, 0.6) is 0 Å². The molecule has 2 rings (SSSR count). The fourth-order valence-corrected chi connectivity index (χ4v) is 3.40. The van der Waals surface area contributed by atoms with Crippen LogP contribution in [0.25, 0.3) is 0 Å². The molecule has 6 nitrogen and oxygen atoms in total. The normalized spacial score (nSPS) is 10.6. The maximum atomic E-state index is 12.3. The van der Waals surface area contributed by atoms with Crippen molar-refractivity contribution in [1.29, 1.82) is 0 Å². The zero-order chi connectivity index (χ0) is 15.4. The van der Waals surface area contributed by atoms with Crippen molar-refractivity contribution in [3.8, 4) is 0 Å². The predicted octanol–water partition coefficient (Wildman–Crippen LogP) is 3.07. The summed E-state index contributed by atoms with van der Waals surface area (Å²) in [5.74, 6) is -1.39. The molecule has 2 aromatic rings. The molecule has 0 atom stereocenters. The molecular formula is C13H15N3O3S2. The Morgan fingerprint density at radius 1 is 1.38 bits per heavy atom. The van der Waals surface area contributed by atoms with Crippen molar-refractivity contribution in [3.63, 3.8) is 0 Å². The summed E-state index contributed by atoms with van der Waals surface area (Å²) < 4.78 is 3.80. The van der Waals surface area contributed by atoms with Crippen LogP contribution in [0.4, 0.5) is 5.00 Å². The lowest BCUT2D eigenvalue weighted by molar-refractivity contribution is 0.0698. The lowest BCUT2D eigenvalue weighted by Gasteiger charge is -2.03. The topological polar surface area (TPSA) is 92.2 Å². The van der Waals surface area contributed by atoms with Gasteiger partial charge in [-0.1, -0.05) is 24.8 Å². The lowest BCUT2D eigenvalue weighted by atomic mass is 10.2. The van der Waals surface area contributed by atoms with E-state index in [2.05, 4.69) is 14.9 Å². The molecule has 0 saturated carbocycles. The van der Waals surface area contributed by atoms with Gasteiger partial charge in [0.1, 0.15) is 9.88 Å². The van der Waals surface area contributed by atoms with Crippen LogP contribution in [0.2, 0.25) is 0 Å². The monoisotopic (exact) mass is 325 g/mol. The molecule has 0 aliphatic carbocycles. The van der Waals surface area contributed by atoms with Crippen molar-refractivity contribution < 1.29 is 14.7 Å². The van der Waals surface area contributed by atoms with Crippen molar-refractivity contribution in [2.24, 2.45) is 0 Å². The highest BCUT2D eigenvalue weighted by molar-refractivity contribution is 7.16. The number of aryl methyl sites for hydroxylation is 2. The molecule has 2 N–H and O–H groups in total. The third-order valence-electron chi connectivity index (χ3n) is 2.84. The van der Waals surface area contributed by atoms with Gasteiger partial charge in [0.15, 0.2) is 0 Å². The van der Waals surface area contributed by atoms with Gasteiger partial charge in [0.2, 0.25) is 0 Å². The highest BCUT2D eigenvalue weighted by Crippen LogP contribution is 2.29. The molecule has 112 valence electrons. The summed E-state index contributed by atoms with van der Waals surface area (Å²) in [7, 11) is 0. The summed E-state index contributed by atoms with van der Waals surface area (Å²) in [5.41, 5.74) is 0.781. The van der Waals surface area contributed by atoms with Crippen molar-refractivity contribution in [2.45, 2.75) is 33.1 Å². The van der Waals surface area contributed by atoms with Crippen LogP contribution in [0.1, 0.15) is 50.9 Å². The lowest BCUT2D eigenvalue weighted by Crippen LogP contribution is -2.13. The van der Waals surface area contributed by atoms with Gasteiger partial charge in [0.25, 0.3) is 5.91 Å². The number of carboxylic acids is 1. The fraction of sp³-hybridized carbons (Fsp3) is 0.385. The van der Waals surface area contributed by atoms with Crippen LogP contribution < -0.4 is 5.32 Å². The second kappa shape index (κ2) is 6.77. The molecule has 1 amide bonds. The number of carboxylic acid groups (broad SMARTS) is 1. The average molecular weight is 325 g/mol. The van der Waals surface area contributed by atoms with Crippen molar-refractivity contribution in [2.75, 3.05) is 5.32 Å². The molecule has 2 aromatic heterocycles. The maximum Gasteiger partial charge on any atom is 0.338 e. The van der Waals surface area contributed by atoms with Gasteiger partial charge in [-0.05, 0) is 30.4 Å². The van der Waals surface area contributed by atoms with Crippen molar-refractivity contribution in [1.82, 2.24) is 9.59 Å². The molecule has 0 spiro atoms. The number of anilines is 1. The van der Waals surface area contributed by atoms with Crippen LogP contribution >= 0.6 is 22.9 Å². The number of amides is 1. The quantitative estimate of drug-likeness (QED) is 0.851. The van der Waals surface area contributed by atoms with E-state index in [9.17, 15) is 14.7 Å². The molecule has 0 saturated heterocycles. The Kier molecular flexibility index (Phi) is 5.03. The summed E-state index contributed by atoms with van der Waals surface area (Å²) in [5, 5.41) is 16.2. The smallest absolute Gasteiger partial charge is 0.338 e. The largest absolute Gasteiger partial charge is 0.478 e. The first-order chi connectivity index (χ1) is 10.1. The highest BCUT2D eigenvalue weighted by atomic mass is 32.1. The second-order valence-electron chi connectivity index (χ2n) is 4.37. The molecule has 8 heteroatoms. The fourth-order valence-electron chi connectivity index (χ4n) is 1.81. The summed E-state index contributed by atoms with van der Waals surface area (Å²) >= 11 is 2.31. The van der Waals surface area contributed by atoms with E-state index >= 15 is 0 Å². The van der Waals surface area contributed by atoms with E-state index in [0.29, 0.717) is 22.0 Å². The minimum absolute atomic E-state index is 0.125. The number of nitrogens with one attached hydrogen (secondary N) is 1. The summed E-state index contributed by atoms with van der Waals surface area (Å²) in [6.07, 6.45) is 2.27. The van der Waals surface area contributed by atoms with Gasteiger partial charge >= 0.3 is 5.97 Å². The SMILES string of the molecule is CCCc1nnsc1C(=O)Nc1sc(CC)cc1C(=O)O. The van der Waals surface area contributed by atoms with Crippen LogP contribution in [-0.4, -0.2) is 26.6 Å². The zero-order valence-electron chi connectivity index (χ0n) is 11.7. The number of aromatic nitrogens is 2. The minimum Gasteiger partial charge on any atom is -0.478 e. The Labute approximate surface area is 130 Å². The van der Waals surface area contributed by atoms with Crippen LogP contribution in [-0.2, 0) is 12.8 Å². The number of hydrogen-bond donors (Lipinski definition) is 2. The van der Waals surface area contributed by atoms with Crippen LogP contribution in [0.3, 0.4) is 0 Å². The van der Waals surface area contributed by atoms with Gasteiger partial charge in [-0.3, -0.25) is 4.79 Å². The molecule has 21 heavy (non-hydrogen) atoms. The Balaban J connectivity index is 2.25. The van der Waals surface area contributed by atoms with Crippen molar-refractivity contribution in [3.05, 3.63) is 27.1 Å². The number of rotatable bonds is 6. The first-order valence-corrected chi connectivity index (χ1v) is 8.14. The Bertz CT molecular complexity index is 663. The molecule has 0 aromatic carbocycles. The summed E-state index contributed by atoms with van der Waals surface area (Å²) in [4.78, 5) is 24.9. The number of nitrogens with zero attached hydrogens (tertiary/aromatic N) is 2. The number of carbonyl (C=O) groups excluding carboxylic acids is 1. The Morgan fingerprint density at radius 2 is 2.14 bits per heavy atom. The van der Waals surface area contributed by atoms with Crippen LogP contribution in [0, 0.1) is 0 Å². The number of hydrogen-bond acceptors (Lipinski definition) is 6. The van der Waals surface area contributed by atoms with Gasteiger partial charge in [-0.15, -0.1) is 16.4 Å². The predicted molar refractivity (Wildman–Crippen MR) is 82.5 cm³/mol. The average Bonchev–Trinajstić information content (AvgIpc) is 3.05. The molecule has 2 heterocycles. The number of carbonyl (C=O) groups is 2. The van der Waals surface area contributed by atoms with E-state index in [1.165, 1.54) is 11.3 Å². The molecule has 0 bridgehead atoms. The van der Waals surface area contributed by atoms with E-state index in [1.807, 2.05) is 13.8 Å². The Morgan fingerprint density at radius 3 is 2.76 bits per heavy atom. The molecule has 0 unspecified atom stereocenters. The maximum absolute atomic E-state index is 12.3. The number of thiophene rings is 1. The van der Waals surface area contributed by atoms with E-state index in [0.717, 1.165) is 29.3 Å². The van der Waals surface area contributed by atoms with E-state index in [-0.39, 0.29) is 11.5 Å². The van der Waals surface area contributed by atoms with E-state index < -0.39 is 5.97 Å². The standard InChI is InChI=1S/C13H15N3O3S2/c1-3-5-9-10(21-16-15-9)11(17)14-12-8(13(18)19)6-7(4-2)20-12/h6H,3-5H2,1-2H3,(H,14,17)(H,18,19). The minimum atomic E-state index is -1.04. The summed E-state index contributed by atoms with van der Waals surface area (Å²) in [6.45, 7) is 3.94. The third-order valence-corrected chi connectivity index (χ3v) is 4.80. The van der Waals surface area contributed by atoms with Crippen LogP contribution in [0.15, 0.2) is 6.07 Å². The van der Waals surface area contributed by atoms with E-state index in [1.54, 1.807) is 6.07 Å². The summed E-state index contributed by atoms with van der Waals surface area (Å²) in [6, 6.07) is 1.60. The van der Waals surface area contributed by atoms with Gasteiger partial charge in [0, 0.05) is 4.88 Å². The zero-order valence-corrected chi connectivity index (χ0v) is 13.3. The molecule has 0 radical (unpaired) electrons.